The number of hydrogen-bond acceptors (Lipinski definition) is 1. The Kier molecular flexibility index (Phi) is 5.09. The molecule has 0 amide bonds. The molecule has 0 bridgehead atoms. The van der Waals surface area contributed by atoms with Crippen LogP contribution in [0.3, 0.4) is 0 Å². The molecule has 0 radical (unpaired) electrons. The minimum absolute atomic E-state index is 0.131. The molecule has 2 heteroatoms. The number of hydrogen-bond donors (Lipinski definition) is 1. The number of allylic oxidation sites excluding steroid dienone is 3. The van der Waals surface area contributed by atoms with E-state index in [2.05, 4.69) is 22.6 Å². The Morgan fingerprint density at radius 1 is 1.56 bits per heavy atom. The molecule has 0 rings (SSSR count). The molecule has 0 spiro atoms. The lowest BCUT2D eigenvalue weighted by Crippen LogP contribution is -1.75. The van der Waals surface area contributed by atoms with Crippen molar-refractivity contribution in [2.75, 3.05) is 6.61 Å². The second kappa shape index (κ2) is 4.99. The summed E-state index contributed by atoms with van der Waals surface area (Å²) in [4.78, 5) is 0. The molecule has 1 nitrogen and oxygen atoms in total. The van der Waals surface area contributed by atoms with Gasteiger partial charge in [0.2, 0.25) is 0 Å². The molecule has 0 unspecified atom stereocenters. The van der Waals surface area contributed by atoms with Gasteiger partial charge in [0.15, 0.2) is 0 Å². The zero-order chi connectivity index (χ0) is 7.28. The van der Waals surface area contributed by atoms with Gasteiger partial charge in [-0.25, -0.2) is 0 Å². The van der Waals surface area contributed by atoms with Crippen LogP contribution in [0.25, 0.3) is 0 Å². The van der Waals surface area contributed by atoms with Gasteiger partial charge < -0.3 is 5.11 Å². The van der Waals surface area contributed by atoms with Gasteiger partial charge in [-0.1, -0.05) is 17.7 Å². The topological polar surface area (TPSA) is 20.2 Å². The van der Waals surface area contributed by atoms with E-state index in [4.69, 9.17) is 5.11 Å². The second-order valence-electron chi connectivity index (χ2n) is 1.86. The average molecular weight is 238 g/mol. The van der Waals surface area contributed by atoms with E-state index in [1.165, 1.54) is 3.58 Å². The van der Waals surface area contributed by atoms with E-state index in [0.29, 0.717) is 0 Å². The van der Waals surface area contributed by atoms with Crippen LogP contribution in [-0.2, 0) is 0 Å². The highest BCUT2D eigenvalue weighted by molar-refractivity contribution is 14.1. The van der Waals surface area contributed by atoms with Crippen molar-refractivity contribution in [1.29, 1.82) is 0 Å². The predicted octanol–water partition coefficient (Wildman–Crippen LogP) is 2.26. The summed E-state index contributed by atoms with van der Waals surface area (Å²) >= 11 is 2.24. The van der Waals surface area contributed by atoms with E-state index < -0.39 is 0 Å². The van der Waals surface area contributed by atoms with Gasteiger partial charge in [-0.05, 0) is 40.0 Å². The Morgan fingerprint density at radius 3 is 2.44 bits per heavy atom. The summed E-state index contributed by atoms with van der Waals surface area (Å²) in [6, 6.07) is 0. The van der Waals surface area contributed by atoms with Gasteiger partial charge in [0.1, 0.15) is 0 Å². The molecule has 0 aromatic heterocycles. The van der Waals surface area contributed by atoms with Crippen LogP contribution in [0.1, 0.15) is 13.8 Å². The average Bonchev–Trinajstić information content (AvgIpc) is 1.63. The molecular formula is C7H11IO. The molecule has 0 aliphatic rings. The monoisotopic (exact) mass is 238 g/mol. The van der Waals surface area contributed by atoms with Crippen molar-refractivity contribution in [1.82, 2.24) is 0 Å². The first kappa shape index (κ1) is 9.17. The standard InChI is InChI=1S/C7H11IO/c1-6(3-4-9)5-7(2)8/h3,5,9H,4H2,1-2H3/b6-3+,7-5+. The van der Waals surface area contributed by atoms with Crippen LogP contribution in [0.15, 0.2) is 21.3 Å². The third kappa shape index (κ3) is 6.05. The number of halogens is 1. The van der Waals surface area contributed by atoms with Gasteiger partial charge in [0.05, 0.1) is 6.61 Å². The summed E-state index contributed by atoms with van der Waals surface area (Å²) in [5.41, 5.74) is 1.12. The molecule has 0 saturated heterocycles. The van der Waals surface area contributed by atoms with Gasteiger partial charge in [0.25, 0.3) is 0 Å². The molecular weight excluding hydrogens is 227 g/mol. The van der Waals surface area contributed by atoms with Crippen molar-refractivity contribution >= 4 is 22.6 Å². The molecule has 1 N–H and O–H groups in total. The normalized spacial score (nSPS) is 14.2. The molecule has 0 aliphatic carbocycles. The molecule has 0 heterocycles. The molecule has 9 heavy (non-hydrogen) atoms. The van der Waals surface area contributed by atoms with E-state index >= 15 is 0 Å². The van der Waals surface area contributed by atoms with Crippen LogP contribution in [0.4, 0.5) is 0 Å². The molecule has 0 aliphatic heterocycles. The van der Waals surface area contributed by atoms with Crippen molar-refractivity contribution < 1.29 is 5.11 Å². The first-order valence-electron chi connectivity index (χ1n) is 2.78. The quantitative estimate of drug-likeness (QED) is 0.577. The summed E-state index contributed by atoms with van der Waals surface area (Å²) in [5, 5.41) is 8.44. The number of aliphatic hydroxyl groups excluding tert-OH is 1. The Bertz CT molecular complexity index is 132. The number of aliphatic hydroxyl groups is 1. The lowest BCUT2D eigenvalue weighted by Gasteiger charge is -1.89. The van der Waals surface area contributed by atoms with E-state index in [1.807, 2.05) is 19.9 Å². The highest BCUT2D eigenvalue weighted by Crippen LogP contribution is 2.07. The van der Waals surface area contributed by atoms with Gasteiger partial charge in [-0.2, -0.15) is 0 Å². The van der Waals surface area contributed by atoms with Crippen molar-refractivity contribution in [2.45, 2.75) is 13.8 Å². The van der Waals surface area contributed by atoms with Crippen LogP contribution in [0.5, 0.6) is 0 Å². The number of rotatable bonds is 2. The van der Waals surface area contributed by atoms with Crippen LogP contribution in [-0.4, -0.2) is 11.7 Å². The largest absolute Gasteiger partial charge is 0.392 e. The van der Waals surface area contributed by atoms with E-state index in [-0.39, 0.29) is 6.61 Å². The maximum atomic E-state index is 8.44. The lowest BCUT2D eigenvalue weighted by molar-refractivity contribution is 0.342. The van der Waals surface area contributed by atoms with Crippen molar-refractivity contribution in [3.63, 3.8) is 0 Å². The van der Waals surface area contributed by atoms with E-state index in [1.54, 1.807) is 6.08 Å². The highest BCUT2D eigenvalue weighted by atomic mass is 127. The van der Waals surface area contributed by atoms with Gasteiger partial charge >= 0.3 is 0 Å². The van der Waals surface area contributed by atoms with Crippen molar-refractivity contribution in [3.05, 3.63) is 21.3 Å². The van der Waals surface area contributed by atoms with Crippen LogP contribution in [0.2, 0.25) is 0 Å². The molecule has 0 aromatic carbocycles. The fraction of sp³-hybridized carbons (Fsp3) is 0.429. The Balaban J connectivity index is 3.90. The fourth-order valence-corrected chi connectivity index (χ4v) is 1.01. The molecule has 0 atom stereocenters. The van der Waals surface area contributed by atoms with E-state index in [9.17, 15) is 0 Å². The second-order valence-corrected chi connectivity index (χ2v) is 3.56. The van der Waals surface area contributed by atoms with E-state index in [0.717, 1.165) is 5.57 Å². The molecule has 0 fully saturated rings. The minimum Gasteiger partial charge on any atom is -0.392 e. The van der Waals surface area contributed by atoms with Crippen molar-refractivity contribution in [3.8, 4) is 0 Å². The van der Waals surface area contributed by atoms with Gasteiger partial charge in [-0.15, -0.1) is 0 Å². The third-order valence-corrected chi connectivity index (χ3v) is 1.15. The Morgan fingerprint density at radius 2 is 2.11 bits per heavy atom. The SMILES string of the molecule is C/C(I)=C\C(C)=C\CO. The fourth-order valence-electron chi connectivity index (χ4n) is 0.517. The smallest absolute Gasteiger partial charge is 0.0617 e. The van der Waals surface area contributed by atoms with Gasteiger partial charge in [0, 0.05) is 0 Å². The molecule has 0 aromatic rings. The Hall–Kier alpha value is 0.170. The first-order valence-corrected chi connectivity index (χ1v) is 3.86. The lowest BCUT2D eigenvalue weighted by atomic mass is 10.3. The summed E-state index contributed by atoms with van der Waals surface area (Å²) < 4.78 is 1.23. The minimum atomic E-state index is 0.131. The maximum absolute atomic E-state index is 8.44. The zero-order valence-electron chi connectivity index (χ0n) is 5.69. The van der Waals surface area contributed by atoms with Crippen LogP contribution < -0.4 is 0 Å². The Labute approximate surface area is 69.6 Å². The maximum Gasteiger partial charge on any atom is 0.0617 e. The van der Waals surface area contributed by atoms with Crippen molar-refractivity contribution in [2.24, 2.45) is 0 Å². The van der Waals surface area contributed by atoms with Crippen LogP contribution in [0, 0.1) is 0 Å². The highest BCUT2D eigenvalue weighted by Gasteiger charge is 1.81. The summed E-state index contributed by atoms with van der Waals surface area (Å²) in [5.74, 6) is 0. The summed E-state index contributed by atoms with van der Waals surface area (Å²) in [6.07, 6.45) is 3.80. The van der Waals surface area contributed by atoms with Gasteiger partial charge in [-0.3, -0.25) is 0 Å². The van der Waals surface area contributed by atoms with Crippen LogP contribution >= 0.6 is 22.6 Å². The molecule has 52 valence electrons. The summed E-state index contributed by atoms with van der Waals surface area (Å²) in [6.45, 7) is 4.12. The predicted molar refractivity (Wildman–Crippen MR) is 48.6 cm³/mol. The zero-order valence-corrected chi connectivity index (χ0v) is 7.84. The third-order valence-electron chi connectivity index (χ3n) is 0.840. The first-order chi connectivity index (χ1) is 4.16. The molecule has 0 saturated carbocycles. The summed E-state index contributed by atoms with van der Waals surface area (Å²) in [7, 11) is 0.